The number of carbonyl (C=O) groups is 2. The van der Waals surface area contributed by atoms with E-state index in [2.05, 4.69) is 0 Å². The molecule has 134 valence electrons. The highest BCUT2D eigenvalue weighted by atomic mass is 35.5. The van der Waals surface area contributed by atoms with Crippen LogP contribution in [-0.2, 0) is 14.3 Å². The van der Waals surface area contributed by atoms with Gasteiger partial charge in [-0.25, -0.2) is 0 Å². The van der Waals surface area contributed by atoms with Crippen LogP contribution in [0.15, 0.2) is 60.2 Å². The normalized spacial score (nSPS) is 19.2. The molecule has 0 unspecified atom stereocenters. The topological polar surface area (TPSA) is 66.8 Å². The van der Waals surface area contributed by atoms with Gasteiger partial charge in [-0.05, 0) is 17.7 Å². The molecule has 26 heavy (non-hydrogen) atoms. The third-order valence-corrected chi connectivity index (χ3v) is 4.56. The number of aliphatic hydroxyl groups is 1. The molecule has 2 aromatic carbocycles. The summed E-state index contributed by atoms with van der Waals surface area (Å²) in [5.74, 6) is -1.55. The minimum absolute atomic E-state index is 0.0691. The summed E-state index contributed by atoms with van der Waals surface area (Å²) in [5, 5.41) is 11.3. The Labute approximate surface area is 156 Å². The lowest BCUT2D eigenvalue weighted by Gasteiger charge is -2.25. The standard InChI is InChI=1S/C20H18ClNO4/c1-26-12-11-22-17(13-7-9-15(21)10-8-13)16(19(24)20(22)25)18(23)14-5-3-2-4-6-14/h2-10,17,23H,11-12H2,1H3/b18-16+/t17-/m1/s1. The molecule has 0 spiro atoms. The fraction of sp³-hybridized carbons (Fsp3) is 0.200. The van der Waals surface area contributed by atoms with Crippen molar-refractivity contribution in [3.05, 3.63) is 76.3 Å². The zero-order valence-electron chi connectivity index (χ0n) is 14.2. The average molecular weight is 372 g/mol. The Bertz CT molecular complexity index is 846. The minimum atomic E-state index is -0.706. The zero-order valence-corrected chi connectivity index (χ0v) is 14.9. The van der Waals surface area contributed by atoms with E-state index in [1.807, 2.05) is 6.07 Å². The van der Waals surface area contributed by atoms with Crippen molar-refractivity contribution in [1.82, 2.24) is 4.90 Å². The highest BCUT2D eigenvalue weighted by Crippen LogP contribution is 2.39. The van der Waals surface area contributed by atoms with Crippen LogP contribution in [0.3, 0.4) is 0 Å². The van der Waals surface area contributed by atoms with E-state index >= 15 is 0 Å². The lowest BCUT2D eigenvalue weighted by Crippen LogP contribution is -2.32. The lowest BCUT2D eigenvalue weighted by molar-refractivity contribution is -0.140. The molecule has 1 atom stereocenters. The summed E-state index contributed by atoms with van der Waals surface area (Å²) in [6.07, 6.45) is 0. The number of ether oxygens (including phenoxy) is 1. The summed E-state index contributed by atoms with van der Waals surface area (Å²) >= 11 is 5.96. The summed E-state index contributed by atoms with van der Waals surface area (Å²) in [6.45, 7) is 0.516. The molecule has 3 rings (SSSR count). The molecule has 2 aromatic rings. The highest BCUT2D eigenvalue weighted by molar-refractivity contribution is 6.46. The number of carbonyl (C=O) groups excluding carboxylic acids is 2. The first kappa shape index (κ1) is 18.2. The van der Waals surface area contributed by atoms with Crippen LogP contribution in [0, 0.1) is 0 Å². The molecule has 1 amide bonds. The van der Waals surface area contributed by atoms with E-state index in [0.717, 1.165) is 0 Å². The Kier molecular flexibility index (Phi) is 5.40. The van der Waals surface area contributed by atoms with Crippen molar-refractivity contribution in [1.29, 1.82) is 0 Å². The van der Waals surface area contributed by atoms with Gasteiger partial charge in [-0.15, -0.1) is 0 Å². The Hall–Kier alpha value is -2.63. The number of halogens is 1. The molecule has 1 aliphatic rings. The predicted octanol–water partition coefficient (Wildman–Crippen LogP) is 3.41. The Balaban J connectivity index is 2.15. The Morgan fingerprint density at radius 3 is 2.38 bits per heavy atom. The second-order valence-electron chi connectivity index (χ2n) is 5.90. The Morgan fingerprint density at radius 1 is 1.12 bits per heavy atom. The van der Waals surface area contributed by atoms with Crippen molar-refractivity contribution in [2.75, 3.05) is 20.3 Å². The number of amides is 1. The minimum Gasteiger partial charge on any atom is -0.507 e. The number of hydrogen-bond donors (Lipinski definition) is 1. The van der Waals surface area contributed by atoms with E-state index in [0.29, 0.717) is 16.1 Å². The number of nitrogens with zero attached hydrogens (tertiary/aromatic N) is 1. The van der Waals surface area contributed by atoms with Gasteiger partial charge in [0, 0.05) is 24.2 Å². The average Bonchev–Trinajstić information content (AvgIpc) is 2.91. The number of Topliss-reactive ketones (excluding diaryl/α,β-unsaturated/α-hetero) is 1. The van der Waals surface area contributed by atoms with Crippen LogP contribution in [0.25, 0.3) is 5.76 Å². The number of rotatable bonds is 5. The first-order valence-electron chi connectivity index (χ1n) is 8.13. The summed E-state index contributed by atoms with van der Waals surface area (Å²) in [6, 6.07) is 14.9. The molecule has 5 nitrogen and oxygen atoms in total. The number of benzene rings is 2. The van der Waals surface area contributed by atoms with Gasteiger partial charge in [-0.3, -0.25) is 9.59 Å². The SMILES string of the molecule is COCCN1C(=O)C(=O)/C(=C(/O)c2ccccc2)[C@H]1c1ccc(Cl)cc1. The van der Waals surface area contributed by atoms with Crippen LogP contribution in [0.4, 0.5) is 0 Å². The van der Waals surface area contributed by atoms with Crippen molar-refractivity contribution < 1.29 is 19.4 Å². The fourth-order valence-electron chi connectivity index (χ4n) is 3.04. The maximum absolute atomic E-state index is 12.7. The van der Waals surface area contributed by atoms with Gasteiger partial charge in [0.2, 0.25) is 0 Å². The summed E-state index contributed by atoms with van der Waals surface area (Å²) in [7, 11) is 1.53. The van der Waals surface area contributed by atoms with Crippen molar-refractivity contribution in [3.63, 3.8) is 0 Å². The van der Waals surface area contributed by atoms with Crippen molar-refractivity contribution in [2.24, 2.45) is 0 Å². The van der Waals surface area contributed by atoms with E-state index in [1.54, 1.807) is 48.5 Å². The van der Waals surface area contributed by atoms with Crippen LogP contribution < -0.4 is 0 Å². The summed E-state index contributed by atoms with van der Waals surface area (Å²) in [4.78, 5) is 26.6. The fourth-order valence-corrected chi connectivity index (χ4v) is 3.17. The van der Waals surface area contributed by atoms with Crippen LogP contribution in [0.2, 0.25) is 5.02 Å². The van der Waals surface area contributed by atoms with Gasteiger partial charge in [0.15, 0.2) is 0 Å². The molecule has 0 aromatic heterocycles. The quantitative estimate of drug-likeness (QED) is 0.497. The van der Waals surface area contributed by atoms with Crippen molar-refractivity contribution >= 4 is 29.1 Å². The van der Waals surface area contributed by atoms with Gasteiger partial charge in [0.1, 0.15) is 5.76 Å². The molecule has 1 heterocycles. The van der Waals surface area contributed by atoms with Crippen LogP contribution in [0.5, 0.6) is 0 Å². The molecule has 1 saturated heterocycles. The van der Waals surface area contributed by atoms with Gasteiger partial charge in [0.05, 0.1) is 18.2 Å². The van der Waals surface area contributed by atoms with Crippen LogP contribution in [0.1, 0.15) is 17.2 Å². The lowest BCUT2D eigenvalue weighted by atomic mass is 9.95. The van der Waals surface area contributed by atoms with E-state index < -0.39 is 17.7 Å². The van der Waals surface area contributed by atoms with Gasteiger partial charge in [-0.1, -0.05) is 54.1 Å². The summed E-state index contributed by atoms with van der Waals surface area (Å²) < 4.78 is 5.07. The van der Waals surface area contributed by atoms with E-state index in [-0.39, 0.29) is 24.5 Å². The number of likely N-dealkylation sites (tertiary alicyclic amines) is 1. The highest BCUT2D eigenvalue weighted by Gasteiger charge is 2.45. The first-order valence-corrected chi connectivity index (χ1v) is 8.50. The molecule has 1 aliphatic heterocycles. The second-order valence-corrected chi connectivity index (χ2v) is 6.34. The molecule has 0 radical (unpaired) electrons. The van der Waals surface area contributed by atoms with Gasteiger partial charge in [0.25, 0.3) is 11.7 Å². The van der Waals surface area contributed by atoms with Crippen LogP contribution in [-0.4, -0.2) is 42.0 Å². The van der Waals surface area contributed by atoms with E-state index in [1.165, 1.54) is 12.0 Å². The van der Waals surface area contributed by atoms with Gasteiger partial charge < -0.3 is 14.7 Å². The van der Waals surface area contributed by atoms with Crippen LogP contribution >= 0.6 is 11.6 Å². The molecule has 0 bridgehead atoms. The van der Waals surface area contributed by atoms with Gasteiger partial charge in [-0.2, -0.15) is 0 Å². The molecular formula is C20H18ClNO4. The maximum atomic E-state index is 12.7. The van der Waals surface area contributed by atoms with Crippen molar-refractivity contribution in [2.45, 2.75) is 6.04 Å². The zero-order chi connectivity index (χ0) is 18.7. The third kappa shape index (κ3) is 3.36. The second kappa shape index (κ2) is 7.72. The largest absolute Gasteiger partial charge is 0.507 e. The van der Waals surface area contributed by atoms with Crippen molar-refractivity contribution in [3.8, 4) is 0 Å². The number of ketones is 1. The molecule has 6 heteroatoms. The predicted molar refractivity (Wildman–Crippen MR) is 98.8 cm³/mol. The number of aliphatic hydroxyl groups excluding tert-OH is 1. The summed E-state index contributed by atoms with van der Waals surface area (Å²) in [5.41, 5.74) is 1.25. The monoisotopic (exact) mass is 371 g/mol. The molecule has 0 saturated carbocycles. The molecular weight excluding hydrogens is 354 g/mol. The molecule has 1 fully saturated rings. The van der Waals surface area contributed by atoms with E-state index in [9.17, 15) is 14.7 Å². The third-order valence-electron chi connectivity index (χ3n) is 4.31. The maximum Gasteiger partial charge on any atom is 0.295 e. The smallest absolute Gasteiger partial charge is 0.295 e. The number of methoxy groups -OCH3 is 1. The van der Waals surface area contributed by atoms with E-state index in [4.69, 9.17) is 16.3 Å². The first-order chi connectivity index (χ1) is 12.5. The van der Waals surface area contributed by atoms with Gasteiger partial charge >= 0.3 is 0 Å². The molecule has 0 aliphatic carbocycles. The Morgan fingerprint density at radius 2 is 1.77 bits per heavy atom. The molecule has 1 N–H and O–H groups in total. The number of hydrogen-bond acceptors (Lipinski definition) is 4.